The van der Waals surface area contributed by atoms with Gasteiger partial charge in [-0.05, 0) is 20.8 Å². The summed E-state index contributed by atoms with van der Waals surface area (Å²) in [6, 6.07) is 0. The summed E-state index contributed by atoms with van der Waals surface area (Å²) in [5.41, 5.74) is 0.295. The summed E-state index contributed by atoms with van der Waals surface area (Å²) in [4.78, 5) is 15.6. The van der Waals surface area contributed by atoms with Crippen molar-refractivity contribution in [1.29, 1.82) is 0 Å². The molecule has 0 aromatic carbocycles. The van der Waals surface area contributed by atoms with Gasteiger partial charge in [0.2, 0.25) is 0 Å². The van der Waals surface area contributed by atoms with Crippen LogP contribution in [0.5, 0.6) is 0 Å². The highest BCUT2D eigenvalue weighted by molar-refractivity contribution is 6.00. The number of fused-ring (bicyclic) bond motifs is 1. The van der Waals surface area contributed by atoms with Crippen molar-refractivity contribution in [3.63, 3.8) is 0 Å². The zero-order valence-electron chi connectivity index (χ0n) is 9.09. The van der Waals surface area contributed by atoms with E-state index in [-0.39, 0.29) is 11.4 Å². The molecule has 0 spiro atoms. The summed E-state index contributed by atoms with van der Waals surface area (Å²) in [5, 5.41) is 5.60. The van der Waals surface area contributed by atoms with Gasteiger partial charge in [0.05, 0.1) is 6.33 Å². The van der Waals surface area contributed by atoms with E-state index in [4.69, 9.17) is 0 Å². The summed E-state index contributed by atoms with van der Waals surface area (Å²) < 4.78 is 1.92. The van der Waals surface area contributed by atoms with E-state index in [2.05, 4.69) is 22.2 Å². The molecule has 2 heterocycles. The number of aromatic nitrogens is 2. The average molecular weight is 206 g/mol. The van der Waals surface area contributed by atoms with E-state index in [1.165, 1.54) is 0 Å². The van der Waals surface area contributed by atoms with E-state index >= 15 is 0 Å². The van der Waals surface area contributed by atoms with Gasteiger partial charge in [0.25, 0.3) is 5.91 Å². The van der Waals surface area contributed by atoms with Crippen molar-refractivity contribution in [1.82, 2.24) is 14.9 Å². The molecule has 5 nitrogen and oxygen atoms in total. The van der Waals surface area contributed by atoms with Crippen molar-refractivity contribution in [2.24, 2.45) is 0 Å². The van der Waals surface area contributed by atoms with Crippen LogP contribution in [0.25, 0.3) is 0 Å². The quantitative estimate of drug-likeness (QED) is 0.672. The van der Waals surface area contributed by atoms with Gasteiger partial charge in [0, 0.05) is 5.54 Å². The smallest absolute Gasteiger partial charge is 0.279 e. The summed E-state index contributed by atoms with van der Waals surface area (Å²) in [7, 11) is 0. The number of nitrogens with zero attached hydrogens (tertiary/aromatic N) is 2. The number of imidazole rings is 1. The second kappa shape index (κ2) is 2.85. The highest BCUT2D eigenvalue weighted by Crippen LogP contribution is 2.26. The fraction of sp³-hybridized carbons (Fsp3) is 0.400. The average Bonchev–Trinajstić information content (AvgIpc) is 2.45. The molecule has 2 rings (SSSR count). The third-order valence-electron chi connectivity index (χ3n) is 2.24. The SMILES string of the molecule is C=C1NC(=O)c2ncn(C(C)(C)C)c2N1. The van der Waals surface area contributed by atoms with Crippen molar-refractivity contribution in [2.45, 2.75) is 26.3 Å². The molecule has 0 radical (unpaired) electrons. The van der Waals surface area contributed by atoms with Crippen molar-refractivity contribution >= 4 is 11.7 Å². The van der Waals surface area contributed by atoms with Crippen LogP contribution in [-0.4, -0.2) is 15.5 Å². The molecular weight excluding hydrogens is 192 g/mol. The van der Waals surface area contributed by atoms with Crippen molar-refractivity contribution < 1.29 is 4.79 Å². The Morgan fingerprint density at radius 2 is 2.07 bits per heavy atom. The molecule has 1 aliphatic heterocycles. The molecule has 2 N–H and O–H groups in total. The van der Waals surface area contributed by atoms with Gasteiger partial charge in [0.1, 0.15) is 11.6 Å². The number of carbonyl (C=O) groups excluding carboxylic acids is 1. The normalized spacial score (nSPS) is 15.7. The highest BCUT2D eigenvalue weighted by atomic mass is 16.2. The lowest BCUT2D eigenvalue weighted by Crippen LogP contribution is -2.34. The van der Waals surface area contributed by atoms with E-state index in [0.717, 1.165) is 0 Å². The summed E-state index contributed by atoms with van der Waals surface area (Å²) in [6.45, 7) is 9.82. The number of hydrogen-bond acceptors (Lipinski definition) is 3. The van der Waals surface area contributed by atoms with Gasteiger partial charge in [-0.3, -0.25) is 4.79 Å². The second-order valence-corrected chi connectivity index (χ2v) is 4.54. The number of carbonyl (C=O) groups is 1. The zero-order chi connectivity index (χ0) is 11.2. The molecule has 0 aliphatic carbocycles. The Hall–Kier alpha value is -1.78. The Labute approximate surface area is 88.2 Å². The van der Waals surface area contributed by atoms with E-state index in [0.29, 0.717) is 17.3 Å². The third kappa shape index (κ3) is 1.49. The Balaban J connectivity index is 2.55. The molecule has 0 unspecified atom stereocenters. The minimum atomic E-state index is -0.211. The second-order valence-electron chi connectivity index (χ2n) is 4.54. The van der Waals surface area contributed by atoms with E-state index in [1.807, 2.05) is 25.3 Å². The Morgan fingerprint density at radius 1 is 1.40 bits per heavy atom. The van der Waals surface area contributed by atoms with Gasteiger partial charge in [-0.25, -0.2) is 4.98 Å². The molecule has 0 saturated carbocycles. The fourth-order valence-corrected chi connectivity index (χ4v) is 1.51. The Morgan fingerprint density at radius 3 is 2.67 bits per heavy atom. The van der Waals surface area contributed by atoms with Gasteiger partial charge in [0.15, 0.2) is 5.69 Å². The molecule has 1 aliphatic rings. The number of anilines is 1. The maximum absolute atomic E-state index is 11.5. The van der Waals surface area contributed by atoms with Crippen LogP contribution in [-0.2, 0) is 5.54 Å². The lowest BCUT2D eigenvalue weighted by molar-refractivity contribution is 0.0959. The maximum atomic E-state index is 11.5. The first-order valence-corrected chi connectivity index (χ1v) is 4.74. The van der Waals surface area contributed by atoms with Crippen LogP contribution in [0.15, 0.2) is 18.7 Å². The maximum Gasteiger partial charge on any atom is 0.279 e. The topological polar surface area (TPSA) is 59.0 Å². The van der Waals surface area contributed by atoms with Gasteiger partial charge in [-0.2, -0.15) is 0 Å². The van der Waals surface area contributed by atoms with Gasteiger partial charge >= 0.3 is 0 Å². The van der Waals surface area contributed by atoms with Crippen LogP contribution in [0, 0.1) is 0 Å². The number of hydrogen-bond donors (Lipinski definition) is 2. The first-order chi connectivity index (χ1) is 6.89. The molecule has 5 heteroatoms. The van der Waals surface area contributed by atoms with E-state index < -0.39 is 0 Å². The first kappa shape index (κ1) is 9.76. The van der Waals surface area contributed by atoms with Crippen LogP contribution in [0.1, 0.15) is 31.3 Å². The molecule has 80 valence electrons. The number of rotatable bonds is 0. The van der Waals surface area contributed by atoms with Gasteiger partial charge in [-0.1, -0.05) is 6.58 Å². The molecular formula is C10H14N4O. The predicted molar refractivity (Wildman–Crippen MR) is 57.5 cm³/mol. The van der Waals surface area contributed by atoms with Crippen molar-refractivity contribution in [3.8, 4) is 0 Å². The monoisotopic (exact) mass is 206 g/mol. The molecule has 1 aromatic heterocycles. The molecule has 0 fully saturated rings. The lowest BCUT2D eigenvalue weighted by atomic mass is 10.1. The summed E-state index contributed by atoms with van der Waals surface area (Å²) in [6.07, 6.45) is 1.66. The molecule has 1 amide bonds. The van der Waals surface area contributed by atoms with Gasteiger partial charge in [-0.15, -0.1) is 0 Å². The summed E-state index contributed by atoms with van der Waals surface area (Å²) in [5.74, 6) is 0.978. The van der Waals surface area contributed by atoms with Crippen LogP contribution >= 0.6 is 0 Å². The zero-order valence-corrected chi connectivity index (χ0v) is 9.09. The van der Waals surface area contributed by atoms with Crippen molar-refractivity contribution in [2.75, 3.05) is 5.32 Å². The standard InChI is InChI=1S/C10H14N4O/c1-6-12-8-7(9(15)13-6)11-5-14(8)10(2,3)4/h5,12H,1H2,2-4H3,(H,13,15). The van der Waals surface area contributed by atoms with Crippen LogP contribution in [0.4, 0.5) is 5.82 Å². The molecule has 1 aromatic rings. The predicted octanol–water partition coefficient (Wildman–Crippen LogP) is 1.26. The van der Waals surface area contributed by atoms with Gasteiger partial charge < -0.3 is 15.2 Å². The molecule has 0 atom stereocenters. The number of nitrogens with one attached hydrogen (secondary N) is 2. The third-order valence-corrected chi connectivity index (χ3v) is 2.24. The Bertz CT molecular complexity index is 439. The van der Waals surface area contributed by atoms with E-state index in [1.54, 1.807) is 6.33 Å². The molecule has 0 bridgehead atoms. The largest absolute Gasteiger partial charge is 0.326 e. The van der Waals surface area contributed by atoms with Crippen LogP contribution in [0.3, 0.4) is 0 Å². The Kier molecular flexibility index (Phi) is 1.86. The van der Waals surface area contributed by atoms with Crippen LogP contribution < -0.4 is 10.6 Å². The lowest BCUT2D eigenvalue weighted by Gasteiger charge is -2.26. The summed E-state index contributed by atoms with van der Waals surface area (Å²) >= 11 is 0. The number of amides is 1. The molecule has 0 saturated heterocycles. The minimum absolute atomic E-state index is 0.120. The first-order valence-electron chi connectivity index (χ1n) is 4.74. The van der Waals surface area contributed by atoms with Crippen molar-refractivity contribution in [3.05, 3.63) is 24.4 Å². The highest BCUT2D eigenvalue weighted by Gasteiger charge is 2.27. The van der Waals surface area contributed by atoms with E-state index in [9.17, 15) is 4.79 Å². The molecule has 15 heavy (non-hydrogen) atoms. The minimum Gasteiger partial charge on any atom is -0.326 e. The fourth-order valence-electron chi connectivity index (χ4n) is 1.51. The van der Waals surface area contributed by atoms with Crippen LogP contribution in [0.2, 0.25) is 0 Å².